The molecular weight excluding hydrogens is 328 g/mol. The Labute approximate surface area is 126 Å². The van der Waals surface area contributed by atoms with Gasteiger partial charge < -0.3 is 5.32 Å². The van der Waals surface area contributed by atoms with Crippen molar-refractivity contribution in [3.8, 4) is 0 Å². The highest BCUT2D eigenvalue weighted by Gasteiger charge is 2.21. The topological polar surface area (TPSA) is 63.2 Å². The standard InChI is InChI=1S/C12H14Cl2FNO3S/c1-2-3-4-5-16-12(17)8-6-11(20(14,18)19)9(13)7-10(8)15/h6-7H,2-5H2,1H3,(H,16,17). The molecule has 1 aromatic rings. The molecule has 1 N–H and O–H groups in total. The molecule has 0 bridgehead atoms. The van der Waals surface area contributed by atoms with Crippen molar-refractivity contribution in [3.63, 3.8) is 0 Å². The van der Waals surface area contributed by atoms with Crippen LogP contribution in [0.1, 0.15) is 36.5 Å². The van der Waals surface area contributed by atoms with Gasteiger partial charge in [0.25, 0.3) is 15.0 Å². The molecule has 20 heavy (non-hydrogen) atoms. The predicted molar refractivity (Wildman–Crippen MR) is 76.3 cm³/mol. The Morgan fingerprint density at radius 3 is 2.55 bits per heavy atom. The Kier molecular flexibility index (Phi) is 6.23. The summed E-state index contributed by atoms with van der Waals surface area (Å²) in [6, 6.07) is 1.60. The van der Waals surface area contributed by atoms with Crippen LogP contribution in [0.25, 0.3) is 0 Å². The monoisotopic (exact) mass is 341 g/mol. The van der Waals surface area contributed by atoms with Gasteiger partial charge in [-0.15, -0.1) is 0 Å². The quantitative estimate of drug-likeness (QED) is 0.637. The van der Waals surface area contributed by atoms with Crippen LogP contribution in [0.5, 0.6) is 0 Å². The van der Waals surface area contributed by atoms with Gasteiger partial charge in [-0.2, -0.15) is 0 Å². The zero-order valence-electron chi connectivity index (χ0n) is 10.8. The molecule has 0 aliphatic carbocycles. The maximum atomic E-state index is 13.7. The summed E-state index contributed by atoms with van der Waals surface area (Å²) in [5.41, 5.74) is -0.398. The van der Waals surface area contributed by atoms with Gasteiger partial charge in [-0.25, -0.2) is 12.8 Å². The molecule has 0 aromatic heterocycles. The SMILES string of the molecule is CCCCCNC(=O)c1cc(S(=O)(=O)Cl)c(Cl)cc1F. The number of hydrogen-bond acceptors (Lipinski definition) is 3. The lowest BCUT2D eigenvalue weighted by atomic mass is 10.2. The molecule has 0 spiro atoms. The summed E-state index contributed by atoms with van der Waals surface area (Å²) < 4.78 is 36.2. The summed E-state index contributed by atoms with van der Waals surface area (Å²) in [5.74, 6) is -1.59. The lowest BCUT2D eigenvalue weighted by Gasteiger charge is -2.08. The number of halogens is 3. The summed E-state index contributed by atoms with van der Waals surface area (Å²) in [6.07, 6.45) is 2.68. The number of rotatable bonds is 6. The lowest BCUT2D eigenvalue weighted by Crippen LogP contribution is -2.25. The third-order valence-electron chi connectivity index (χ3n) is 2.59. The van der Waals surface area contributed by atoms with E-state index in [0.717, 1.165) is 31.4 Å². The highest BCUT2D eigenvalue weighted by Crippen LogP contribution is 2.27. The molecule has 0 saturated heterocycles. The molecule has 4 nitrogen and oxygen atoms in total. The van der Waals surface area contributed by atoms with Gasteiger partial charge in [-0.05, 0) is 18.6 Å². The zero-order chi connectivity index (χ0) is 15.3. The molecule has 0 atom stereocenters. The number of carbonyl (C=O) groups is 1. The van der Waals surface area contributed by atoms with E-state index in [0.29, 0.717) is 6.54 Å². The highest BCUT2D eigenvalue weighted by atomic mass is 35.7. The minimum Gasteiger partial charge on any atom is -0.352 e. The summed E-state index contributed by atoms with van der Waals surface area (Å²) in [7, 11) is 1.03. The summed E-state index contributed by atoms with van der Waals surface area (Å²) >= 11 is 5.60. The van der Waals surface area contributed by atoms with Gasteiger partial charge in [-0.1, -0.05) is 31.4 Å². The average Bonchev–Trinajstić information content (AvgIpc) is 2.32. The average molecular weight is 342 g/mol. The minimum absolute atomic E-state index is 0.361. The number of benzene rings is 1. The first kappa shape index (κ1) is 17.2. The van der Waals surface area contributed by atoms with Crippen molar-refractivity contribution in [1.29, 1.82) is 0 Å². The Hall–Kier alpha value is -0.850. The molecule has 0 heterocycles. The Balaban J connectivity index is 2.98. The second kappa shape index (κ2) is 7.24. The second-order valence-electron chi connectivity index (χ2n) is 4.16. The van der Waals surface area contributed by atoms with Crippen molar-refractivity contribution in [1.82, 2.24) is 5.32 Å². The van der Waals surface area contributed by atoms with Crippen LogP contribution in [-0.4, -0.2) is 20.9 Å². The molecule has 0 fully saturated rings. The van der Waals surface area contributed by atoms with E-state index < -0.39 is 31.2 Å². The zero-order valence-corrected chi connectivity index (χ0v) is 13.1. The largest absolute Gasteiger partial charge is 0.352 e. The third-order valence-corrected chi connectivity index (χ3v) is 4.38. The van der Waals surface area contributed by atoms with Crippen LogP contribution in [0.3, 0.4) is 0 Å². The fourth-order valence-corrected chi connectivity index (χ4v) is 3.07. The lowest BCUT2D eigenvalue weighted by molar-refractivity contribution is 0.0948. The van der Waals surface area contributed by atoms with Crippen LogP contribution in [0.15, 0.2) is 17.0 Å². The van der Waals surface area contributed by atoms with Gasteiger partial charge in [0.05, 0.1) is 10.6 Å². The first-order valence-electron chi connectivity index (χ1n) is 5.99. The van der Waals surface area contributed by atoms with Crippen molar-refractivity contribution in [2.45, 2.75) is 31.1 Å². The van der Waals surface area contributed by atoms with E-state index in [2.05, 4.69) is 5.32 Å². The van der Waals surface area contributed by atoms with Crippen molar-refractivity contribution in [3.05, 3.63) is 28.5 Å². The number of hydrogen-bond donors (Lipinski definition) is 1. The van der Waals surface area contributed by atoms with Crippen molar-refractivity contribution in [2.24, 2.45) is 0 Å². The van der Waals surface area contributed by atoms with Crippen LogP contribution in [0.2, 0.25) is 5.02 Å². The fraction of sp³-hybridized carbons (Fsp3) is 0.417. The molecule has 112 valence electrons. The molecule has 0 radical (unpaired) electrons. The Morgan fingerprint density at radius 2 is 2.00 bits per heavy atom. The summed E-state index contributed by atoms with van der Waals surface area (Å²) in [6.45, 7) is 2.40. The van der Waals surface area contributed by atoms with Crippen LogP contribution in [-0.2, 0) is 9.05 Å². The summed E-state index contributed by atoms with van der Waals surface area (Å²) in [4.78, 5) is 11.3. The molecule has 1 amide bonds. The molecule has 0 aliphatic heterocycles. The minimum atomic E-state index is -4.14. The van der Waals surface area contributed by atoms with Crippen molar-refractivity contribution in [2.75, 3.05) is 6.54 Å². The maximum Gasteiger partial charge on any atom is 0.262 e. The van der Waals surface area contributed by atoms with E-state index in [1.54, 1.807) is 0 Å². The Morgan fingerprint density at radius 1 is 1.35 bits per heavy atom. The highest BCUT2D eigenvalue weighted by molar-refractivity contribution is 8.13. The van der Waals surface area contributed by atoms with E-state index in [4.69, 9.17) is 22.3 Å². The molecule has 0 unspecified atom stereocenters. The number of carbonyl (C=O) groups excluding carboxylic acids is 1. The van der Waals surface area contributed by atoms with Gasteiger partial charge >= 0.3 is 0 Å². The van der Waals surface area contributed by atoms with Gasteiger partial charge in [0.2, 0.25) is 0 Å². The van der Waals surface area contributed by atoms with Crippen molar-refractivity contribution < 1.29 is 17.6 Å². The van der Waals surface area contributed by atoms with E-state index in [9.17, 15) is 17.6 Å². The smallest absolute Gasteiger partial charge is 0.262 e. The molecular formula is C12H14Cl2FNO3S. The van der Waals surface area contributed by atoms with Crippen LogP contribution in [0, 0.1) is 5.82 Å². The van der Waals surface area contributed by atoms with Gasteiger partial charge in [0, 0.05) is 17.2 Å². The summed E-state index contributed by atoms with van der Waals surface area (Å²) in [5, 5.41) is 2.15. The number of nitrogens with one attached hydrogen (secondary N) is 1. The maximum absolute atomic E-state index is 13.7. The molecule has 0 aliphatic rings. The normalized spacial score (nSPS) is 11.4. The second-order valence-corrected chi connectivity index (χ2v) is 7.10. The molecule has 8 heteroatoms. The third kappa shape index (κ3) is 4.61. The Bertz CT molecular complexity index is 605. The van der Waals surface area contributed by atoms with E-state index in [1.807, 2.05) is 6.92 Å². The first-order chi connectivity index (χ1) is 9.27. The fourth-order valence-electron chi connectivity index (χ4n) is 1.56. The van der Waals surface area contributed by atoms with Crippen molar-refractivity contribution >= 4 is 37.2 Å². The molecule has 1 aromatic carbocycles. The van der Waals surface area contributed by atoms with Gasteiger partial charge in [0.1, 0.15) is 10.7 Å². The number of unbranched alkanes of at least 4 members (excludes halogenated alkanes) is 2. The van der Waals surface area contributed by atoms with E-state index >= 15 is 0 Å². The predicted octanol–water partition coefficient (Wildman–Crippen LogP) is 3.33. The van der Waals surface area contributed by atoms with Crippen LogP contribution < -0.4 is 5.32 Å². The molecule has 1 rings (SSSR count). The van der Waals surface area contributed by atoms with Gasteiger partial charge in [-0.3, -0.25) is 4.79 Å². The van der Waals surface area contributed by atoms with E-state index in [-0.39, 0.29) is 5.02 Å². The molecule has 0 saturated carbocycles. The van der Waals surface area contributed by atoms with E-state index in [1.165, 1.54) is 0 Å². The van der Waals surface area contributed by atoms with Crippen LogP contribution in [0.4, 0.5) is 4.39 Å². The number of amides is 1. The first-order valence-corrected chi connectivity index (χ1v) is 8.68. The van der Waals surface area contributed by atoms with Crippen LogP contribution >= 0.6 is 22.3 Å². The van der Waals surface area contributed by atoms with Gasteiger partial charge in [0.15, 0.2) is 0 Å².